The molecule has 1 aliphatic heterocycles. The van der Waals surface area contributed by atoms with Gasteiger partial charge < -0.3 is 9.13 Å². The lowest BCUT2D eigenvalue weighted by atomic mass is 9.76. The van der Waals surface area contributed by atoms with Gasteiger partial charge in [0.15, 0.2) is 5.78 Å². The third-order valence-corrected chi connectivity index (χ3v) is 8.52. The van der Waals surface area contributed by atoms with Crippen LogP contribution < -0.4 is 5.62 Å². The molecule has 2 heterocycles. The van der Waals surface area contributed by atoms with Gasteiger partial charge in [0.1, 0.15) is 0 Å². The van der Waals surface area contributed by atoms with Gasteiger partial charge in [0, 0.05) is 10.5 Å². The van der Waals surface area contributed by atoms with Gasteiger partial charge in [-0.2, -0.15) is 0 Å². The molecule has 36 heavy (non-hydrogen) atoms. The Labute approximate surface area is 217 Å². The highest BCUT2D eigenvalue weighted by molar-refractivity contribution is 7.99. The number of para-hydroxylation sites is 2. The number of rotatable bonds is 5. The number of carbonyl (C=O) groups excluding carboxylic acids is 1. The van der Waals surface area contributed by atoms with E-state index in [9.17, 15) is 4.79 Å². The van der Waals surface area contributed by atoms with Crippen LogP contribution in [0.3, 0.4) is 0 Å². The summed E-state index contributed by atoms with van der Waals surface area (Å²) in [5.41, 5.74) is 6.64. The van der Waals surface area contributed by atoms with E-state index in [2.05, 4.69) is 58.9 Å². The van der Waals surface area contributed by atoms with Gasteiger partial charge in [0.05, 0.1) is 24.1 Å². The number of thioether (sulfide) groups is 1. The summed E-state index contributed by atoms with van der Waals surface area (Å²) in [6.07, 6.45) is 1.10. The molecule has 0 aliphatic carbocycles. The third kappa shape index (κ3) is 4.45. The molecular weight excluding hydrogens is 462 g/mol. The summed E-state index contributed by atoms with van der Waals surface area (Å²) in [6.45, 7) is 12.0. The molecule has 0 saturated carbocycles. The lowest BCUT2D eigenvalue weighted by Gasteiger charge is -2.36. The van der Waals surface area contributed by atoms with Crippen molar-refractivity contribution in [2.24, 2.45) is 0 Å². The number of hydrogen-bond donors (Lipinski definition) is 1. The Bertz CT molecular complexity index is 1490. The van der Waals surface area contributed by atoms with Crippen molar-refractivity contribution in [1.29, 1.82) is 5.41 Å². The maximum absolute atomic E-state index is 13.8. The van der Waals surface area contributed by atoms with Crippen molar-refractivity contribution in [1.82, 2.24) is 9.13 Å². The molecule has 1 aliphatic rings. The van der Waals surface area contributed by atoms with Gasteiger partial charge in [-0.25, -0.2) is 0 Å². The lowest BCUT2D eigenvalue weighted by molar-refractivity contribution is 0.0971. The van der Waals surface area contributed by atoms with Crippen LogP contribution in [0.4, 0.5) is 0 Å². The Morgan fingerprint density at radius 1 is 0.972 bits per heavy atom. The Hall–Kier alpha value is -3.05. The van der Waals surface area contributed by atoms with Crippen molar-refractivity contribution >= 4 is 28.6 Å². The van der Waals surface area contributed by atoms with Crippen LogP contribution in [0.2, 0.25) is 0 Å². The Morgan fingerprint density at radius 3 is 2.28 bits per heavy atom. The van der Waals surface area contributed by atoms with Crippen LogP contribution in [-0.2, 0) is 23.9 Å². The highest BCUT2D eigenvalue weighted by Crippen LogP contribution is 2.46. The third-order valence-electron chi connectivity index (χ3n) is 7.38. The van der Waals surface area contributed by atoms with Crippen molar-refractivity contribution in [2.75, 3.05) is 5.75 Å². The predicted molar refractivity (Wildman–Crippen MR) is 149 cm³/mol. The molecule has 186 valence electrons. The van der Waals surface area contributed by atoms with Gasteiger partial charge in [-0.1, -0.05) is 77.1 Å². The average Bonchev–Trinajstić information content (AvgIpc) is 3.09. The number of ketones is 1. The van der Waals surface area contributed by atoms with Crippen LogP contribution in [0.5, 0.6) is 0 Å². The van der Waals surface area contributed by atoms with E-state index >= 15 is 0 Å². The van der Waals surface area contributed by atoms with Crippen LogP contribution in [-0.4, -0.2) is 20.7 Å². The highest BCUT2D eigenvalue weighted by Gasteiger charge is 2.33. The summed E-state index contributed by atoms with van der Waals surface area (Å²) >= 11 is 1.93. The van der Waals surface area contributed by atoms with Crippen molar-refractivity contribution < 1.29 is 4.79 Å². The number of nitrogens with zero attached hydrogens (tertiary/aromatic N) is 2. The molecule has 0 saturated heterocycles. The van der Waals surface area contributed by atoms with E-state index in [1.165, 1.54) is 16.0 Å². The summed E-state index contributed by atoms with van der Waals surface area (Å²) in [5.74, 6) is 1.16. The number of aromatic nitrogens is 2. The van der Waals surface area contributed by atoms with Crippen molar-refractivity contribution in [3.8, 4) is 0 Å². The first-order valence-corrected chi connectivity index (χ1v) is 13.7. The molecule has 5 heteroatoms. The van der Waals surface area contributed by atoms with Gasteiger partial charge in [0.25, 0.3) is 0 Å². The maximum Gasteiger partial charge on any atom is 0.203 e. The van der Waals surface area contributed by atoms with E-state index in [4.69, 9.17) is 5.41 Å². The predicted octanol–water partition coefficient (Wildman–Crippen LogP) is 6.92. The molecule has 0 amide bonds. The van der Waals surface area contributed by atoms with Gasteiger partial charge >= 0.3 is 0 Å². The largest absolute Gasteiger partial charge is 0.306 e. The monoisotopic (exact) mass is 497 g/mol. The molecule has 0 bridgehead atoms. The average molecular weight is 498 g/mol. The molecule has 1 aromatic heterocycles. The molecular formula is C31H35N3OS. The summed E-state index contributed by atoms with van der Waals surface area (Å²) in [5, 5.41) is 9.01. The van der Waals surface area contributed by atoms with E-state index in [0.717, 1.165) is 34.3 Å². The Balaban J connectivity index is 1.58. The smallest absolute Gasteiger partial charge is 0.203 e. The number of fused-ring (bicyclic) bond motifs is 2. The van der Waals surface area contributed by atoms with E-state index in [1.54, 1.807) is 0 Å². The lowest BCUT2D eigenvalue weighted by Crippen LogP contribution is -2.29. The van der Waals surface area contributed by atoms with Gasteiger partial charge in [-0.15, -0.1) is 11.8 Å². The van der Waals surface area contributed by atoms with Crippen molar-refractivity contribution in [3.05, 3.63) is 94.6 Å². The Morgan fingerprint density at radius 2 is 1.61 bits per heavy atom. The van der Waals surface area contributed by atoms with Crippen molar-refractivity contribution in [2.45, 2.75) is 69.9 Å². The summed E-state index contributed by atoms with van der Waals surface area (Å²) in [4.78, 5) is 15.2. The molecule has 0 fully saturated rings. The topological polar surface area (TPSA) is 50.8 Å². The molecule has 4 aromatic rings. The fourth-order valence-corrected chi connectivity index (χ4v) is 6.99. The summed E-state index contributed by atoms with van der Waals surface area (Å²) in [6, 6.07) is 22.4. The van der Waals surface area contributed by atoms with E-state index < -0.39 is 0 Å². The molecule has 0 unspecified atom stereocenters. The van der Waals surface area contributed by atoms with Crippen LogP contribution in [0, 0.1) is 5.41 Å². The quantitative estimate of drug-likeness (QED) is 0.304. The first-order valence-electron chi connectivity index (χ1n) is 12.7. The minimum atomic E-state index is -0.0553. The second kappa shape index (κ2) is 9.11. The molecule has 0 atom stereocenters. The minimum Gasteiger partial charge on any atom is -0.306 e. The normalized spacial score (nSPS) is 15.1. The fourth-order valence-electron chi connectivity index (χ4n) is 5.16. The second-order valence-electron chi connectivity index (χ2n) is 11.5. The molecule has 0 radical (unpaired) electrons. The molecule has 0 spiro atoms. The number of benzene rings is 3. The van der Waals surface area contributed by atoms with Crippen LogP contribution >= 0.6 is 11.8 Å². The van der Waals surface area contributed by atoms with Crippen LogP contribution in [0.1, 0.15) is 68.1 Å². The van der Waals surface area contributed by atoms with Crippen molar-refractivity contribution in [3.63, 3.8) is 0 Å². The molecule has 1 N–H and O–H groups in total. The molecule has 4 nitrogen and oxygen atoms in total. The van der Waals surface area contributed by atoms with Crippen LogP contribution in [0.15, 0.2) is 71.6 Å². The van der Waals surface area contributed by atoms with E-state index in [1.807, 2.05) is 63.4 Å². The minimum absolute atomic E-state index is 0.0380. The first kappa shape index (κ1) is 24.6. The van der Waals surface area contributed by atoms with E-state index in [0.29, 0.717) is 12.2 Å². The molecule has 5 rings (SSSR count). The number of imidazole rings is 1. The number of hydrogen-bond acceptors (Lipinski definition) is 3. The number of Topliss-reactive ketones (excluding diaryl/α,β-unsaturated/α-hetero) is 1. The summed E-state index contributed by atoms with van der Waals surface area (Å²) in [7, 11) is 0. The highest BCUT2D eigenvalue weighted by atomic mass is 32.2. The van der Waals surface area contributed by atoms with Gasteiger partial charge in [0.2, 0.25) is 5.62 Å². The molecule has 3 aromatic carbocycles. The summed E-state index contributed by atoms with van der Waals surface area (Å²) < 4.78 is 3.85. The van der Waals surface area contributed by atoms with Gasteiger partial charge in [-0.3, -0.25) is 10.2 Å². The maximum atomic E-state index is 13.8. The van der Waals surface area contributed by atoms with Gasteiger partial charge in [-0.05, 0) is 64.0 Å². The Kier molecular flexibility index (Phi) is 6.24. The zero-order valence-corrected chi connectivity index (χ0v) is 22.7. The number of carbonyl (C=O) groups is 1. The second-order valence-corrected chi connectivity index (χ2v) is 12.6. The standard InChI is InChI=1S/C31H35N3OS/c1-30(2,3)23-17-22(18-24-28(23)36-16-15-31(24,4)5)27(35)20-34-26-14-10-9-13-25(26)33(29(34)32)19-21-11-7-6-8-12-21/h6-14,17-18,32H,15-16,19-20H2,1-5H3. The zero-order chi connectivity index (χ0) is 25.7. The zero-order valence-electron chi connectivity index (χ0n) is 21.9. The first-order chi connectivity index (χ1) is 17.1. The van der Waals surface area contributed by atoms with E-state index in [-0.39, 0.29) is 23.2 Å². The SMILES string of the molecule is CC(C)(C)c1cc(C(=O)Cn2c(=N)n(Cc3ccccc3)c3ccccc32)cc2c1SCCC2(C)C. The number of nitrogens with one attached hydrogen (secondary N) is 1. The van der Waals surface area contributed by atoms with Crippen LogP contribution in [0.25, 0.3) is 11.0 Å². The fraction of sp³-hybridized carbons (Fsp3) is 0.355.